The molecular formula is C20H18N2O6S2. The number of thiocarbonyl (C=S) groups is 1. The van der Waals surface area contributed by atoms with Crippen LogP contribution in [0.2, 0.25) is 0 Å². The van der Waals surface area contributed by atoms with E-state index in [1.165, 1.54) is 42.2 Å². The number of carbonyl (C=O) groups excluding carboxylic acids is 3. The number of thioether (sulfide) groups is 1. The molecule has 0 radical (unpaired) electrons. The molecule has 2 amide bonds. The number of Topliss-reactive ketones (excluding diaryl/α,β-unsaturated/α-hetero) is 1. The molecule has 1 aliphatic heterocycles. The second-order valence-electron chi connectivity index (χ2n) is 6.56. The maximum absolute atomic E-state index is 12.8. The van der Waals surface area contributed by atoms with E-state index in [-0.39, 0.29) is 22.2 Å². The number of phenols is 2. The van der Waals surface area contributed by atoms with Gasteiger partial charge in [0.1, 0.15) is 16.1 Å². The highest BCUT2D eigenvalue weighted by molar-refractivity contribution is 8.26. The summed E-state index contributed by atoms with van der Waals surface area (Å²) < 4.78 is 5.45. The molecule has 1 aromatic heterocycles. The van der Waals surface area contributed by atoms with Gasteiger partial charge in [-0.2, -0.15) is 0 Å². The van der Waals surface area contributed by atoms with E-state index >= 15 is 0 Å². The number of hydrogen-bond acceptors (Lipinski definition) is 8. The van der Waals surface area contributed by atoms with Crippen molar-refractivity contribution in [2.24, 2.45) is 0 Å². The lowest BCUT2D eigenvalue weighted by Gasteiger charge is -2.26. The number of phenolic OH excluding ortho intramolecular Hbond substituents is 2. The summed E-state index contributed by atoms with van der Waals surface area (Å²) in [6.45, 7) is 1.26. The van der Waals surface area contributed by atoms with Crippen molar-refractivity contribution in [3.05, 3.63) is 52.8 Å². The van der Waals surface area contributed by atoms with E-state index in [1.54, 1.807) is 18.2 Å². The van der Waals surface area contributed by atoms with Crippen LogP contribution in [0.3, 0.4) is 0 Å². The Bertz CT molecular complexity index is 1050. The molecule has 2 heterocycles. The average molecular weight is 447 g/mol. The SMILES string of the molecule is CC(C(=O)N(C)CC(=O)c1ccc(O)c(O)c1)N1C(=O)C(=Cc2ccco2)SC1=S. The summed E-state index contributed by atoms with van der Waals surface area (Å²) >= 11 is 6.34. The minimum atomic E-state index is -0.911. The number of aromatic hydroxyl groups is 2. The van der Waals surface area contributed by atoms with Crippen LogP contribution >= 0.6 is 24.0 Å². The lowest BCUT2D eigenvalue weighted by Crippen LogP contribution is -2.48. The standard InChI is InChI=1S/C20H18N2O6S2/c1-11(22-19(27)17(30-20(22)29)9-13-4-3-7-28-13)18(26)21(2)10-16(25)12-5-6-14(23)15(24)8-12/h3-9,11,23-24H,10H2,1-2H3. The highest BCUT2D eigenvalue weighted by Gasteiger charge is 2.39. The average Bonchev–Trinajstić information content (AvgIpc) is 3.31. The minimum Gasteiger partial charge on any atom is -0.504 e. The van der Waals surface area contributed by atoms with Crippen LogP contribution in [0, 0.1) is 0 Å². The van der Waals surface area contributed by atoms with Crippen molar-refractivity contribution >= 4 is 52.0 Å². The van der Waals surface area contributed by atoms with E-state index in [1.807, 2.05) is 0 Å². The normalized spacial score (nSPS) is 16.2. The Morgan fingerprint density at radius 3 is 2.67 bits per heavy atom. The number of likely N-dealkylation sites (N-methyl/N-ethyl adjacent to an activating group) is 1. The highest BCUT2D eigenvalue weighted by Crippen LogP contribution is 2.34. The van der Waals surface area contributed by atoms with Crippen molar-refractivity contribution < 1.29 is 29.0 Å². The molecule has 0 spiro atoms. The van der Waals surface area contributed by atoms with Gasteiger partial charge in [0, 0.05) is 18.7 Å². The molecule has 2 aromatic rings. The van der Waals surface area contributed by atoms with Crippen LogP contribution < -0.4 is 0 Å². The first-order valence-corrected chi connectivity index (χ1v) is 10.0. The van der Waals surface area contributed by atoms with Gasteiger partial charge >= 0.3 is 0 Å². The number of furan rings is 1. The number of rotatable bonds is 6. The Morgan fingerprint density at radius 2 is 2.03 bits per heavy atom. The van der Waals surface area contributed by atoms with E-state index in [9.17, 15) is 24.6 Å². The zero-order valence-electron chi connectivity index (χ0n) is 16.1. The molecule has 1 aliphatic rings. The number of amides is 2. The zero-order chi connectivity index (χ0) is 22.0. The number of carbonyl (C=O) groups is 3. The van der Waals surface area contributed by atoms with Crippen molar-refractivity contribution in [3.63, 3.8) is 0 Å². The molecule has 1 unspecified atom stereocenters. The van der Waals surface area contributed by atoms with Crippen LogP contribution in [0.15, 0.2) is 45.9 Å². The molecule has 1 saturated heterocycles. The van der Waals surface area contributed by atoms with Gasteiger partial charge in [-0.3, -0.25) is 19.3 Å². The maximum atomic E-state index is 12.8. The molecule has 1 atom stereocenters. The molecule has 1 aromatic carbocycles. The van der Waals surface area contributed by atoms with Crippen LogP contribution in [0.1, 0.15) is 23.0 Å². The second-order valence-corrected chi connectivity index (χ2v) is 8.24. The fraction of sp³-hybridized carbons (Fsp3) is 0.200. The van der Waals surface area contributed by atoms with Crippen molar-refractivity contribution in [1.29, 1.82) is 0 Å². The van der Waals surface area contributed by atoms with Gasteiger partial charge in [0.15, 0.2) is 17.3 Å². The van der Waals surface area contributed by atoms with Gasteiger partial charge < -0.3 is 19.5 Å². The number of nitrogens with zero attached hydrogens (tertiary/aromatic N) is 2. The van der Waals surface area contributed by atoms with Crippen molar-refractivity contribution in [2.45, 2.75) is 13.0 Å². The van der Waals surface area contributed by atoms with Crippen LogP contribution in [0.25, 0.3) is 6.08 Å². The zero-order valence-corrected chi connectivity index (χ0v) is 17.7. The van der Waals surface area contributed by atoms with E-state index in [2.05, 4.69) is 0 Å². The molecular weight excluding hydrogens is 428 g/mol. The molecule has 156 valence electrons. The largest absolute Gasteiger partial charge is 0.504 e. The summed E-state index contributed by atoms with van der Waals surface area (Å²) in [5.74, 6) is -1.59. The summed E-state index contributed by atoms with van der Waals surface area (Å²) in [4.78, 5) is 40.7. The van der Waals surface area contributed by atoms with Crippen LogP contribution in [-0.2, 0) is 9.59 Å². The quantitative estimate of drug-likeness (QED) is 0.302. The first kappa shape index (κ1) is 21.6. The Balaban J connectivity index is 1.69. The van der Waals surface area contributed by atoms with E-state index in [4.69, 9.17) is 16.6 Å². The molecule has 8 nitrogen and oxygen atoms in total. The third-order valence-corrected chi connectivity index (χ3v) is 5.77. The van der Waals surface area contributed by atoms with Gasteiger partial charge in [0.2, 0.25) is 5.91 Å². The van der Waals surface area contributed by atoms with Crippen molar-refractivity contribution in [3.8, 4) is 11.5 Å². The first-order valence-electron chi connectivity index (χ1n) is 8.79. The lowest BCUT2D eigenvalue weighted by molar-refractivity contribution is -0.138. The molecule has 2 N–H and O–H groups in total. The number of hydrogen-bond donors (Lipinski definition) is 2. The fourth-order valence-corrected chi connectivity index (χ4v) is 4.23. The third kappa shape index (κ3) is 4.39. The molecule has 10 heteroatoms. The van der Waals surface area contributed by atoms with Gasteiger partial charge in [0.05, 0.1) is 17.7 Å². The summed E-state index contributed by atoms with van der Waals surface area (Å²) in [6.07, 6.45) is 3.04. The Morgan fingerprint density at radius 1 is 1.30 bits per heavy atom. The fourth-order valence-electron chi connectivity index (χ4n) is 2.83. The molecule has 0 bridgehead atoms. The summed E-state index contributed by atoms with van der Waals surface area (Å²) in [5.41, 5.74) is 0.143. The van der Waals surface area contributed by atoms with Gasteiger partial charge in [-0.25, -0.2) is 0 Å². The predicted octanol–water partition coefficient (Wildman–Crippen LogP) is 2.62. The monoisotopic (exact) mass is 446 g/mol. The van der Waals surface area contributed by atoms with Gasteiger partial charge in [-0.15, -0.1) is 0 Å². The van der Waals surface area contributed by atoms with Gasteiger partial charge in [0.25, 0.3) is 5.91 Å². The molecule has 3 rings (SSSR count). The smallest absolute Gasteiger partial charge is 0.267 e. The van der Waals surface area contributed by atoms with Gasteiger partial charge in [-0.1, -0.05) is 24.0 Å². The molecule has 0 saturated carbocycles. The molecule has 0 aliphatic carbocycles. The predicted molar refractivity (Wildman–Crippen MR) is 115 cm³/mol. The van der Waals surface area contributed by atoms with Crippen molar-refractivity contribution in [1.82, 2.24) is 9.80 Å². The minimum absolute atomic E-state index is 0.143. The Kier molecular flexibility index (Phi) is 6.28. The van der Waals surface area contributed by atoms with E-state index < -0.39 is 29.4 Å². The van der Waals surface area contributed by atoms with Crippen LogP contribution in [0.4, 0.5) is 0 Å². The number of ketones is 1. The molecule has 30 heavy (non-hydrogen) atoms. The third-order valence-electron chi connectivity index (χ3n) is 4.44. The summed E-state index contributed by atoms with van der Waals surface area (Å²) in [7, 11) is 1.44. The highest BCUT2D eigenvalue weighted by atomic mass is 32.2. The Labute approximate surface area is 181 Å². The van der Waals surface area contributed by atoms with E-state index in [0.717, 1.165) is 17.8 Å². The van der Waals surface area contributed by atoms with Crippen molar-refractivity contribution in [2.75, 3.05) is 13.6 Å². The van der Waals surface area contributed by atoms with Gasteiger partial charge in [-0.05, 0) is 37.3 Å². The molecule has 1 fully saturated rings. The summed E-state index contributed by atoms with van der Waals surface area (Å²) in [5, 5.41) is 18.9. The van der Waals surface area contributed by atoms with Crippen LogP contribution in [-0.4, -0.2) is 61.6 Å². The summed E-state index contributed by atoms with van der Waals surface area (Å²) in [6, 6.07) is 6.14. The topological polar surface area (TPSA) is 111 Å². The second kappa shape index (κ2) is 8.72. The van der Waals surface area contributed by atoms with Crippen LogP contribution in [0.5, 0.6) is 11.5 Å². The van der Waals surface area contributed by atoms with E-state index in [0.29, 0.717) is 10.7 Å². The number of benzene rings is 1. The Hall–Kier alpha value is -3.11. The first-order chi connectivity index (χ1) is 14.2. The maximum Gasteiger partial charge on any atom is 0.267 e. The lowest BCUT2D eigenvalue weighted by atomic mass is 10.1.